The molecule has 6 heteroatoms. The van der Waals surface area contributed by atoms with Gasteiger partial charge in [0.2, 0.25) is 0 Å². The Labute approximate surface area is 125 Å². The van der Waals surface area contributed by atoms with Crippen molar-refractivity contribution in [2.45, 2.75) is 25.6 Å². The molecule has 1 unspecified atom stereocenters. The highest BCUT2D eigenvalue weighted by molar-refractivity contribution is 5.56. The second-order valence-electron chi connectivity index (χ2n) is 4.82. The Morgan fingerprint density at radius 1 is 1.18 bits per heavy atom. The first kappa shape index (κ1) is 15.7. The van der Waals surface area contributed by atoms with Gasteiger partial charge >= 0.3 is 6.18 Å². The van der Waals surface area contributed by atoms with Crippen molar-refractivity contribution in [2.24, 2.45) is 0 Å². The van der Waals surface area contributed by atoms with Crippen LogP contribution < -0.4 is 0 Å². The molecule has 0 bridgehead atoms. The van der Waals surface area contributed by atoms with E-state index in [1.807, 2.05) is 0 Å². The van der Waals surface area contributed by atoms with Gasteiger partial charge < -0.3 is 4.74 Å². The predicted octanol–water partition coefficient (Wildman–Crippen LogP) is 4.11. The maximum atomic E-state index is 13.8. The molecule has 1 aliphatic heterocycles. The summed E-state index contributed by atoms with van der Waals surface area (Å²) < 4.78 is 46.7. The van der Waals surface area contributed by atoms with E-state index in [4.69, 9.17) is 10.00 Å². The summed E-state index contributed by atoms with van der Waals surface area (Å²) in [7, 11) is 0. The van der Waals surface area contributed by atoms with Crippen molar-refractivity contribution in [3.05, 3.63) is 58.4 Å². The molecular formula is C16H11F3N2O. The zero-order valence-electron chi connectivity index (χ0n) is 11.8. The summed E-state index contributed by atoms with van der Waals surface area (Å²) in [6, 6.07) is 10.5. The fourth-order valence-electron chi connectivity index (χ4n) is 2.46. The third kappa shape index (κ3) is 2.05. The largest absolute Gasteiger partial charge is 0.466 e. The normalized spacial score (nSPS) is 23.6. The zero-order valence-corrected chi connectivity index (χ0v) is 11.8. The molecule has 0 saturated heterocycles. The highest BCUT2D eigenvalue weighted by atomic mass is 19.4. The van der Waals surface area contributed by atoms with Gasteiger partial charge in [-0.2, -0.15) is 23.7 Å². The second kappa shape index (κ2) is 5.23. The van der Waals surface area contributed by atoms with Gasteiger partial charge in [-0.1, -0.05) is 30.3 Å². The third-order valence-corrected chi connectivity index (χ3v) is 3.58. The molecule has 0 aliphatic carbocycles. The fourth-order valence-corrected chi connectivity index (χ4v) is 2.46. The van der Waals surface area contributed by atoms with Gasteiger partial charge in [0.05, 0.1) is 17.2 Å². The second-order valence-corrected chi connectivity index (χ2v) is 4.82. The number of ether oxygens (including phenoxy) is 1. The van der Waals surface area contributed by atoms with Crippen molar-refractivity contribution in [1.82, 2.24) is 0 Å². The number of hydrogen-bond acceptors (Lipinski definition) is 3. The summed E-state index contributed by atoms with van der Waals surface area (Å²) in [5, 5.41) is 18.1. The maximum Gasteiger partial charge on any atom is 0.436 e. The fraction of sp³-hybridized carbons (Fsp3) is 0.250. The van der Waals surface area contributed by atoms with Crippen LogP contribution in [-0.2, 0) is 10.3 Å². The average molecular weight is 304 g/mol. The molecule has 3 nitrogen and oxygen atoms in total. The number of hydrogen-bond donors (Lipinski definition) is 0. The van der Waals surface area contributed by atoms with Crippen LogP contribution in [0.25, 0.3) is 0 Å². The molecule has 2 rings (SSSR count). The molecule has 1 heterocycles. The van der Waals surface area contributed by atoms with E-state index in [-0.39, 0.29) is 28.0 Å². The number of halogens is 3. The molecule has 0 amide bonds. The van der Waals surface area contributed by atoms with E-state index >= 15 is 0 Å². The van der Waals surface area contributed by atoms with Crippen LogP contribution in [0.15, 0.2) is 52.8 Å². The number of rotatable bonds is 1. The number of nitriles is 2. The first-order valence-electron chi connectivity index (χ1n) is 6.33. The molecule has 1 aliphatic rings. The highest BCUT2D eigenvalue weighted by Gasteiger charge is 2.64. The van der Waals surface area contributed by atoms with Crippen molar-refractivity contribution in [2.75, 3.05) is 0 Å². The minimum absolute atomic E-state index is 0.0713. The van der Waals surface area contributed by atoms with Crippen LogP contribution in [0.3, 0.4) is 0 Å². The quantitative estimate of drug-likeness (QED) is 0.734. The Balaban J connectivity index is 2.84. The highest BCUT2D eigenvalue weighted by Crippen LogP contribution is 2.54. The Bertz CT molecular complexity index is 748. The van der Waals surface area contributed by atoms with Crippen molar-refractivity contribution >= 4 is 0 Å². The molecule has 22 heavy (non-hydrogen) atoms. The van der Waals surface area contributed by atoms with E-state index in [1.54, 1.807) is 18.2 Å². The first-order chi connectivity index (χ1) is 10.3. The number of alkyl halides is 3. The lowest BCUT2D eigenvalue weighted by Crippen LogP contribution is -2.43. The van der Waals surface area contributed by atoms with E-state index in [9.17, 15) is 18.4 Å². The van der Waals surface area contributed by atoms with Gasteiger partial charge in [0.1, 0.15) is 6.07 Å². The first-order valence-corrected chi connectivity index (χ1v) is 6.33. The van der Waals surface area contributed by atoms with Gasteiger partial charge in [-0.05, 0) is 13.8 Å². The van der Waals surface area contributed by atoms with E-state index < -0.39 is 11.8 Å². The molecule has 1 aromatic rings. The molecule has 1 atom stereocenters. The van der Waals surface area contributed by atoms with Crippen LogP contribution in [-0.4, -0.2) is 6.18 Å². The molecule has 0 N–H and O–H groups in total. The Hall–Kier alpha value is -2.73. The summed E-state index contributed by atoms with van der Waals surface area (Å²) in [6.07, 6.45) is -4.78. The lowest BCUT2D eigenvalue weighted by molar-refractivity contribution is -0.250. The van der Waals surface area contributed by atoms with E-state index in [0.717, 1.165) is 0 Å². The lowest BCUT2D eigenvalue weighted by Gasteiger charge is -2.33. The van der Waals surface area contributed by atoms with Gasteiger partial charge in [0.15, 0.2) is 5.76 Å². The van der Waals surface area contributed by atoms with Crippen molar-refractivity contribution in [3.8, 4) is 12.1 Å². The maximum absolute atomic E-state index is 13.8. The molecule has 0 saturated carbocycles. The summed E-state index contributed by atoms with van der Waals surface area (Å²) in [5.74, 6) is -0.316. The Morgan fingerprint density at radius 3 is 2.23 bits per heavy atom. The summed E-state index contributed by atoms with van der Waals surface area (Å²) in [6.45, 7) is 2.52. The van der Waals surface area contributed by atoms with Gasteiger partial charge in [0, 0.05) is 11.1 Å². The lowest BCUT2D eigenvalue weighted by atomic mass is 9.85. The summed E-state index contributed by atoms with van der Waals surface area (Å²) >= 11 is 0. The average Bonchev–Trinajstić information content (AvgIpc) is 2.80. The Kier molecular flexibility index (Phi) is 3.72. The van der Waals surface area contributed by atoms with Crippen molar-refractivity contribution in [3.63, 3.8) is 0 Å². The molecule has 112 valence electrons. The van der Waals surface area contributed by atoms with Gasteiger partial charge in [-0.3, -0.25) is 0 Å². The van der Waals surface area contributed by atoms with Crippen molar-refractivity contribution < 1.29 is 17.9 Å². The minimum atomic E-state index is -4.78. The van der Waals surface area contributed by atoms with Crippen molar-refractivity contribution in [1.29, 1.82) is 10.5 Å². The summed E-state index contributed by atoms with van der Waals surface area (Å²) in [5.41, 5.74) is -3.46. The van der Waals surface area contributed by atoms with Crippen LogP contribution >= 0.6 is 0 Å². The van der Waals surface area contributed by atoms with Gasteiger partial charge in [-0.15, -0.1) is 0 Å². The molecule has 0 aromatic heterocycles. The monoisotopic (exact) mass is 304 g/mol. The third-order valence-electron chi connectivity index (χ3n) is 3.58. The zero-order chi connectivity index (χ0) is 16.5. The minimum Gasteiger partial charge on any atom is -0.466 e. The molecule has 1 aromatic carbocycles. The van der Waals surface area contributed by atoms with E-state index in [1.165, 1.54) is 38.1 Å². The van der Waals surface area contributed by atoms with Crippen LogP contribution in [0.5, 0.6) is 0 Å². The number of benzene rings is 1. The standard InChI is InChI=1S/C16H11F3N2O/c1-10(8-20)14-13(9-21)11(2)15(22-14,16(17,18)19)12-6-4-3-5-7-12/h3-7H,1-2H3/b14-10-. The van der Waals surface area contributed by atoms with Crippen LogP contribution in [0.2, 0.25) is 0 Å². The summed E-state index contributed by atoms with van der Waals surface area (Å²) in [4.78, 5) is 0. The van der Waals surface area contributed by atoms with E-state index in [2.05, 4.69) is 0 Å². The topological polar surface area (TPSA) is 56.8 Å². The SMILES string of the molecule is CC1=C(C#N)/C(=C(\C)C#N)OC1(c1ccccc1)C(F)(F)F. The molecular weight excluding hydrogens is 293 g/mol. The van der Waals surface area contributed by atoms with Gasteiger partial charge in [0.25, 0.3) is 5.60 Å². The van der Waals surface area contributed by atoms with Crippen LogP contribution in [0.1, 0.15) is 19.4 Å². The van der Waals surface area contributed by atoms with E-state index in [0.29, 0.717) is 0 Å². The molecule has 0 fully saturated rings. The number of nitrogens with zero attached hydrogens (tertiary/aromatic N) is 2. The molecule has 0 spiro atoms. The van der Waals surface area contributed by atoms with Crippen LogP contribution in [0.4, 0.5) is 13.2 Å². The molecule has 0 radical (unpaired) electrons. The van der Waals surface area contributed by atoms with Crippen LogP contribution in [0, 0.1) is 22.7 Å². The Morgan fingerprint density at radius 2 is 1.77 bits per heavy atom. The predicted molar refractivity (Wildman–Crippen MR) is 71.9 cm³/mol. The smallest absolute Gasteiger partial charge is 0.436 e. The van der Waals surface area contributed by atoms with Gasteiger partial charge in [-0.25, -0.2) is 0 Å². The number of allylic oxidation sites excluding steroid dienone is 2.